The van der Waals surface area contributed by atoms with Crippen LogP contribution < -0.4 is 0 Å². The minimum absolute atomic E-state index is 0.148. The van der Waals surface area contributed by atoms with Crippen molar-refractivity contribution in [1.29, 1.82) is 5.26 Å². The molecule has 0 atom stereocenters. The molecule has 0 saturated heterocycles. The summed E-state index contributed by atoms with van der Waals surface area (Å²) in [5, 5.41) is 12.8. The molecule has 9 heteroatoms. The van der Waals surface area contributed by atoms with E-state index < -0.39 is 10.1 Å². The van der Waals surface area contributed by atoms with Gasteiger partial charge in [0.05, 0.1) is 30.6 Å². The van der Waals surface area contributed by atoms with Gasteiger partial charge in [-0.25, -0.2) is 9.50 Å². The Balaban J connectivity index is 2.07. The molecule has 0 unspecified atom stereocenters. The van der Waals surface area contributed by atoms with Crippen molar-refractivity contribution in [3.05, 3.63) is 36.0 Å². The highest BCUT2D eigenvalue weighted by Gasteiger charge is 2.20. The highest BCUT2D eigenvalue weighted by atomic mass is 32.3. The van der Waals surface area contributed by atoms with Crippen molar-refractivity contribution in [2.24, 2.45) is 0 Å². The minimum Gasteiger partial charge on any atom is -0.268 e. The molecular weight excluding hydrogens is 312 g/mol. The van der Waals surface area contributed by atoms with Gasteiger partial charge >= 0.3 is 10.1 Å². The summed E-state index contributed by atoms with van der Waals surface area (Å²) < 4.78 is 28.8. The monoisotopic (exact) mass is 320 g/mol. The third-order valence-electron chi connectivity index (χ3n) is 2.75. The first-order valence-corrected chi connectivity index (χ1v) is 7.93. The molecule has 2 heterocycles. The first-order valence-electron chi connectivity index (χ1n) is 5.71. The predicted molar refractivity (Wildman–Crippen MR) is 75.2 cm³/mol. The molecule has 0 aliphatic rings. The molecule has 1 aromatic carbocycles. The van der Waals surface area contributed by atoms with Crippen LogP contribution in [0.5, 0.6) is 0 Å². The van der Waals surface area contributed by atoms with Crippen molar-refractivity contribution >= 4 is 26.4 Å². The van der Waals surface area contributed by atoms with E-state index in [-0.39, 0.29) is 4.34 Å². The van der Waals surface area contributed by atoms with Gasteiger partial charge in [-0.15, -0.1) is 5.10 Å². The van der Waals surface area contributed by atoms with Gasteiger partial charge < -0.3 is 0 Å². The Morgan fingerprint density at radius 3 is 2.90 bits per heavy atom. The fraction of sp³-hybridized carbons (Fsp3) is 0.0833. The van der Waals surface area contributed by atoms with Crippen LogP contribution in [0.25, 0.3) is 16.2 Å². The summed E-state index contributed by atoms with van der Waals surface area (Å²) in [6.45, 7) is 0. The van der Waals surface area contributed by atoms with Crippen LogP contribution in [0.4, 0.5) is 0 Å². The molecule has 0 bridgehead atoms. The van der Waals surface area contributed by atoms with E-state index in [0.29, 0.717) is 16.2 Å². The number of imidazole rings is 1. The van der Waals surface area contributed by atoms with Gasteiger partial charge in [-0.1, -0.05) is 23.5 Å². The number of rotatable bonds is 3. The van der Waals surface area contributed by atoms with Gasteiger partial charge in [0, 0.05) is 5.56 Å². The van der Waals surface area contributed by atoms with Crippen molar-refractivity contribution in [2.45, 2.75) is 4.34 Å². The van der Waals surface area contributed by atoms with E-state index in [1.165, 1.54) is 4.52 Å². The van der Waals surface area contributed by atoms with Gasteiger partial charge in [-0.05, 0) is 12.1 Å². The largest absolute Gasteiger partial charge is 0.326 e. The molecule has 3 rings (SSSR count). The summed E-state index contributed by atoms with van der Waals surface area (Å²) in [6, 6.07) is 9.04. The second-order valence-electron chi connectivity index (χ2n) is 4.03. The van der Waals surface area contributed by atoms with E-state index in [9.17, 15) is 8.42 Å². The lowest BCUT2D eigenvalue weighted by Crippen LogP contribution is -2.02. The molecule has 0 aliphatic heterocycles. The zero-order valence-corrected chi connectivity index (χ0v) is 12.3. The normalized spacial score (nSPS) is 11.6. The Bertz CT molecular complexity index is 934. The van der Waals surface area contributed by atoms with E-state index in [2.05, 4.69) is 20.3 Å². The second-order valence-corrected chi connectivity index (χ2v) is 6.88. The summed E-state index contributed by atoms with van der Waals surface area (Å²) in [4.78, 5) is 4.75. The molecule has 3 aromatic rings. The lowest BCUT2D eigenvalue weighted by molar-refractivity contribution is 0.396. The number of hydrogen-bond donors (Lipinski definition) is 0. The molecule has 2 aromatic heterocycles. The standard InChI is InChI=1S/C12H8N4O3S2/c1-19-21(17,18)12-15-16-7-10(14-11(16)20-12)9-4-2-3-8(5-9)6-13/h2-5,7H,1H3. The Kier molecular flexibility index (Phi) is 3.21. The van der Waals surface area contributed by atoms with Crippen LogP contribution in [0.2, 0.25) is 0 Å². The van der Waals surface area contributed by atoms with Crippen molar-refractivity contribution < 1.29 is 12.6 Å². The zero-order valence-electron chi connectivity index (χ0n) is 10.7. The molecule has 0 spiro atoms. The molecule has 0 saturated carbocycles. The molecule has 106 valence electrons. The van der Waals surface area contributed by atoms with Crippen LogP contribution in [0.15, 0.2) is 34.8 Å². The van der Waals surface area contributed by atoms with Crippen LogP contribution in [0, 0.1) is 11.3 Å². The first-order chi connectivity index (χ1) is 10.0. The average Bonchev–Trinajstić information content (AvgIpc) is 3.06. The van der Waals surface area contributed by atoms with E-state index in [4.69, 9.17) is 5.26 Å². The van der Waals surface area contributed by atoms with Crippen LogP contribution in [0.1, 0.15) is 5.56 Å². The number of fused-ring (bicyclic) bond motifs is 1. The van der Waals surface area contributed by atoms with Gasteiger partial charge in [-0.2, -0.15) is 13.7 Å². The van der Waals surface area contributed by atoms with Gasteiger partial charge in [0.15, 0.2) is 0 Å². The highest BCUT2D eigenvalue weighted by Crippen LogP contribution is 2.25. The van der Waals surface area contributed by atoms with E-state index in [1.807, 2.05) is 6.07 Å². The fourth-order valence-electron chi connectivity index (χ4n) is 1.74. The molecule has 0 amide bonds. The van der Waals surface area contributed by atoms with E-state index in [1.54, 1.807) is 24.4 Å². The van der Waals surface area contributed by atoms with Crippen molar-refractivity contribution in [2.75, 3.05) is 7.11 Å². The third kappa shape index (κ3) is 2.40. The molecule has 7 nitrogen and oxygen atoms in total. The maximum absolute atomic E-state index is 11.6. The first kappa shape index (κ1) is 13.7. The van der Waals surface area contributed by atoms with Gasteiger partial charge in [0.1, 0.15) is 0 Å². The van der Waals surface area contributed by atoms with Crippen molar-refractivity contribution in [3.8, 4) is 17.3 Å². The summed E-state index contributed by atoms with van der Waals surface area (Å²) >= 11 is 0.917. The topological polar surface area (TPSA) is 97.4 Å². The Morgan fingerprint density at radius 1 is 1.43 bits per heavy atom. The van der Waals surface area contributed by atoms with Crippen molar-refractivity contribution in [1.82, 2.24) is 14.6 Å². The lowest BCUT2D eigenvalue weighted by atomic mass is 10.1. The Morgan fingerprint density at radius 2 is 2.24 bits per heavy atom. The molecule has 0 fully saturated rings. The average molecular weight is 320 g/mol. The summed E-state index contributed by atoms with van der Waals surface area (Å²) in [6.07, 6.45) is 1.61. The molecule has 0 N–H and O–H groups in total. The van der Waals surface area contributed by atoms with Crippen LogP contribution in [-0.4, -0.2) is 30.1 Å². The molecule has 0 radical (unpaired) electrons. The molecular formula is C12H8N4O3S2. The smallest absolute Gasteiger partial charge is 0.268 e. The number of hydrogen-bond acceptors (Lipinski definition) is 7. The maximum Gasteiger partial charge on any atom is 0.326 e. The predicted octanol–water partition coefficient (Wildman–Crippen LogP) is 1.66. The summed E-state index contributed by atoms with van der Waals surface area (Å²) in [7, 11) is -2.73. The Hall–Kier alpha value is -2.28. The molecule has 21 heavy (non-hydrogen) atoms. The highest BCUT2D eigenvalue weighted by molar-refractivity contribution is 7.88. The third-order valence-corrected chi connectivity index (χ3v) is 5.27. The maximum atomic E-state index is 11.6. The minimum atomic E-state index is -3.81. The second kappa shape index (κ2) is 4.92. The van der Waals surface area contributed by atoms with Gasteiger partial charge in [-0.3, -0.25) is 4.18 Å². The number of aromatic nitrogens is 3. The van der Waals surface area contributed by atoms with E-state index in [0.717, 1.165) is 24.0 Å². The van der Waals surface area contributed by atoms with Crippen LogP contribution >= 0.6 is 11.3 Å². The quantitative estimate of drug-likeness (QED) is 0.681. The number of nitriles is 1. The number of nitrogens with zero attached hydrogens (tertiary/aromatic N) is 4. The number of benzene rings is 1. The van der Waals surface area contributed by atoms with Gasteiger partial charge in [0.25, 0.3) is 4.34 Å². The SMILES string of the molecule is COS(=O)(=O)c1nn2cc(-c3cccc(C#N)c3)nc2s1. The zero-order chi connectivity index (χ0) is 15.0. The van der Waals surface area contributed by atoms with Crippen LogP contribution in [-0.2, 0) is 14.3 Å². The van der Waals surface area contributed by atoms with Crippen LogP contribution in [0.3, 0.4) is 0 Å². The molecule has 0 aliphatic carbocycles. The summed E-state index contributed by atoms with van der Waals surface area (Å²) in [5.41, 5.74) is 1.91. The fourth-order valence-corrected chi connectivity index (χ4v) is 3.52. The van der Waals surface area contributed by atoms with Crippen molar-refractivity contribution in [3.63, 3.8) is 0 Å². The Labute approximate surface area is 124 Å². The summed E-state index contributed by atoms with van der Waals surface area (Å²) in [5.74, 6) is 0. The van der Waals surface area contributed by atoms with Gasteiger partial charge in [0.2, 0.25) is 4.96 Å². The van der Waals surface area contributed by atoms with E-state index >= 15 is 0 Å². The lowest BCUT2D eigenvalue weighted by Gasteiger charge is -1.96.